The quantitative estimate of drug-likeness (QED) is 0.833. The predicted octanol–water partition coefficient (Wildman–Crippen LogP) is 1.84. The normalized spacial score (nSPS) is 10.3. The van der Waals surface area contributed by atoms with E-state index in [-0.39, 0.29) is 0 Å². The molecule has 0 amide bonds. The molecule has 0 saturated carbocycles. The topological polar surface area (TPSA) is 64.3 Å². The average molecular weight is 272 g/mol. The van der Waals surface area contributed by atoms with Crippen LogP contribution in [-0.4, -0.2) is 29.7 Å². The molecule has 0 aliphatic heterocycles. The summed E-state index contributed by atoms with van der Waals surface area (Å²) in [5.41, 5.74) is 6.89. The van der Waals surface area contributed by atoms with Crippen molar-refractivity contribution in [2.45, 2.75) is 13.5 Å². The van der Waals surface area contributed by atoms with Crippen LogP contribution >= 0.6 is 0 Å². The SMILES string of the molecule is CCOc1ccnc(N(CCN)Cc2ccccc2)n1. The minimum absolute atomic E-state index is 0.551. The summed E-state index contributed by atoms with van der Waals surface area (Å²) in [6.07, 6.45) is 1.71. The minimum atomic E-state index is 0.551. The molecule has 5 nitrogen and oxygen atoms in total. The zero-order valence-electron chi connectivity index (χ0n) is 11.7. The summed E-state index contributed by atoms with van der Waals surface area (Å²) >= 11 is 0. The van der Waals surface area contributed by atoms with E-state index in [2.05, 4.69) is 27.0 Å². The van der Waals surface area contributed by atoms with Crippen LogP contribution in [0.3, 0.4) is 0 Å². The van der Waals surface area contributed by atoms with Crippen LogP contribution in [0.5, 0.6) is 5.88 Å². The first kappa shape index (κ1) is 14.3. The highest BCUT2D eigenvalue weighted by atomic mass is 16.5. The lowest BCUT2D eigenvalue weighted by Gasteiger charge is -2.22. The van der Waals surface area contributed by atoms with Crippen molar-refractivity contribution in [3.8, 4) is 5.88 Å². The Morgan fingerprint density at radius 2 is 2.00 bits per heavy atom. The number of hydrogen-bond donors (Lipinski definition) is 1. The number of aromatic nitrogens is 2. The van der Waals surface area contributed by atoms with Crippen molar-refractivity contribution >= 4 is 5.95 Å². The Morgan fingerprint density at radius 1 is 1.20 bits per heavy atom. The molecule has 2 aromatic rings. The van der Waals surface area contributed by atoms with Gasteiger partial charge in [0.2, 0.25) is 11.8 Å². The summed E-state index contributed by atoms with van der Waals surface area (Å²) in [5.74, 6) is 1.23. The van der Waals surface area contributed by atoms with E-state index in [0.717, 1.165) is 6.54 Å². The van der Waals surface area contributed by atoms with Crippen molar-refractivity contribution in [2.24, 2.45) is 5.73 Å². The standard InChI is InChI=1S/C15H20N4O/c1-2-20-14-8-10-17-15(18-14)19(11-9-16)12-13-6-4-3-5-7-13/h3-8,10H,2,9,11-12,16H2,1H3. The van der Waals surface area contributed by atoms with E-state index in [1.807, 2.05) is 25.1 Å². The number of rotatable bonds is 7. The summed E-state index contributed by atoms with van der Waals surface area (Å²) in [7, 11) is 0. The van der Waals surface area contributed by atoms with E-state index in [9.17, 15) is 0 Å². The lowest BCUT2D eigenvalue weighted by Crippen LogP contribution is -2.30. The van der Waals surface area contributed by atoms with Gasteiger partial charge in [-0.15, -0.1) is 0 Å². The maximum atomic E-state index is 5.69. The number of hydrogen-bond acceptors (Lipinski definition) is 5. The highest BCUT2D eigenvalue weighted by Gasteiger charge is 2.10. The fourth-order valence-electron chi connectivity index (χ4n) is 1.92. The van der Waals surface area contributed by atoms with Gasteiger partial charge in [-0.2, -0.15) is 4.98 Å². The Bertz CT molecular complexity index is 518. The molecule has 2 N–H and O–H groups in total. The van der Waals surface area contributed by atoms with E-state index in [4.69, 9.17) is 10.5 Å². The van der Waals surface area contributed by atoms with Crippen molar-refractivity contribution in [2.75, 3.05) is 24.6 Å². The van der Waals surface area contributed by atoms with Gasteiger partial charge < -0.3 is 15.4 Å². The smallest absolute Gasteiger partial charge is 0.228 e. The zero-order chi connectivity index (χ0) is 14.2. The maximum absolute atomic E-state index is 5.69. The van der Waals surface area contributed by atoms with Crippen LogP contribution in [-0.2, 0) is 6.54 Å². The number of ether oxygens (including phenoxy) is 1. The second-order valence-electron chi connectivity index (χ2n) is 4.32. The molecule has 0 aliphatic carbocycles. The molecule has 1 aromatic heterocycles. The molecule has 0 bridgehead atoms. The molecule has 1 heterocycles. The fraction of sp³-hybridized carbons (Fsp3) is 0.333. The number of nitrogens with zero attached hydrogens (tertiary/aromatic N) is 3. The van der Waals surface area contributed by atoms with Crippen LogP contribution in [0, 0.1) is 0 Å². The molecule has 2 rings (SSSR count). The van der Waals surface area contributed by atoms with Gasteiger partial charge in [0, 0.05) is 31.9 Å². The predicted molar refractivity (Wildman–Crippen MR) is 79.7 cm³/mol. The van der Waals surface area contributed by atoms with Crippen molar-refractivity contribution in [3.63, 3.8) is 0 Å². The van der Waals surface area contributed by atoms with Gasteiger partial charge in [0.25, 0.3) is 0 Å². The van der Waals surface area contributed by atoms with E-state index < -0.39 is 0 Å². The summed E-state index contributed by atoms with van der Waals surface area (Å²) in [6, 6.07) is 12.0. The molecule has 0 saturated heterocycles. The molecule has 0 radical (unpaired) electrons. The van der Waals surface area contributed by atoms with Gasteiger partial charge >= 0.3 is 0 Å². The zero-order valence-corrected chi connectivity index (χ0v) is 11.7. The van der Waals surface area contributed by atoms with Crippen LogP contribution in [0.4, 0.5) is 5.95 Å². The van der Waals surface area contributed by atoms with Crippen molar-refractivity contribution in [3.05, 3.63) is 48.2 Å². The minimum Gasteiger partial charge on any atom is -0.478 e. The Balaban J connectivity index is 2.17. The lowest BCUT2D eigenvalue weighted by molar-refractivity contribution is 0.326. The highest BCUT2D eigenvalue weighted by Crippen LogP contribution is 2.15. The van der Waals surface area contributed by atoms with Gasteiger partial charge in [0.05, 0.1) is 6.61 Å². The molecule has 0 fully saturated rings. The number of benzene rings is 1. The summed E-state index contributed by atoms with van der Waals surface area (Å²) < 4.78 is 5.42. The lowest BCUT2D eigenvalue weighted by atomic mass is 10.2. The third kappa shape index (κ3) is 3.93. The van der Waals surface area contributed by atoms with Crippen LogP contribution in [0.2, 0.25) is 0 Å². The fourth-order valence-corrected chi connectivity index (χ4v) is 1.92. The Hall–Kier alpha value is -2.14. The van der Waals surface area contributed by atoms with Gasteiger partial charge in [-0.1, -0.05) is 30.3 Å². The van der Waals surface area contributed by atoms with Gasteiger partial charge in [-0.3, -0.25) is 0 Å². The average Bonchev–Trinajstić information content (AvgIpc) is 2.49. The van der Waals surface area contributed by atoms with Crippen LogP contribution in [0.15, 0.2) is 42.6 Å². The van der Waals surface area contributed by atoms with E-state index >= 15 is 0 Å². The molecule has 1 aromatic carbocycles. The van der Waals surface area contributed by atoms with Crippen LogP contribution < -0.4 is 15.4 Å². The molecule has 5 heteroatoms. The Kier molecular flexibility index (Phi) is 5.32. The third-order valence-electron chi connectivity index (χ3n) is 2.81. The van der Waals surface area contributed by atoms with E-state index in [0.29, 0.717) is 31.5 Å². The molecule has 0 spiro atoms. The molecule has 0 aliphatic rings. The van der Waals surface area contributed by atoms with E-state index in [1.165, 1.54) is 5.56 Å². The molecular formula is C15H20N4O. The van der Waals surface area contributed by atoms with Crippen LogP contribution in [0.1, 0.15) is 12.5 Å². The molecule has 106 valence electrons. The second kappa shape index (κ2) is 7.45. The summed E-state index contributed by atoms with van der Waals surface area (Å²) in [5, 5.41) is 0. The van der Waals surface area contributed by atoms with Crippen molar-refractivity contribution < 1.29 is 4.74 Å². The Labute approximate surface area is 119 Å². The number of nitrogens with two attached hydrogens (primary N) is 1. The first-order valence-corrected chi connectivity index (χ1v) is 6.78. The summed E-state index contributed by atoms with van der Waals surface area (Å²) in [4.78, 5) is 10.8. The first-order valence-electron chi connectivity index (χ1n) is 6.78. The van der Waals surface area contributed by atoms with Crippen molar-refractivity contribution in [1.82, 2.24) is 9.97 Å². The third-order valence-corrected chi connectivity index (χ3v) is 2.81. The van der Waals surface area contributed by atoms with Gasteiger partial charge in [0.1, 0.15) is 0 Å². The van der Waals surface area contributed by atoms with Gasteiger partial charge in [-0.05, 0) is 12.5 Å². The molecule has 20 heavy (non-hydrogen) atoms. The molecular weight excluding hydrogens is 252 g/mol. The largest absolute Gasteiger partial charge is 0.478 e. The van der Waals surface area contributed by atoms with Gasteiger partial charge in [0.15, 0.2) is 0 Å². The maximum Gasteiger partial charge on any atom is 0.228 e. The van der Waals surface area contributed by atoms with Gasteiger partial charge in [-0.25, -0.2) is 4.98 Å². The second-order valence-corrected chi connectivity index (χ2v) is 4.32. The Morgan fingerprint density at radius 3 is 2.70 bits per heavy atom. The monoisotopic (exact) mass is 272 g/mol. The van der Waals surface area contributed by atoms with E-state index in [1.54, 1.807) is 12.3 Å². The van der Waals surface area contributed by atoms with Crippen molar-refractivity contribution in [1.29, 1.82) is 0 Å². The highest BCUT2D eigenvalue weighted by molar-refractivity contribution is 5.34. The van der Waals surface area contributed by atoms with Crippen LogP contribution in [0.25, 0.3) is 0 Å². The summed E-state index contributed by atoms with van der Waals surface area (Å²) in [6.45, 7) is 4.50. The molecule has 0 atom stereocenters. The number of anilines is 1. The molecule has 0 unspecified atom stereocenters. The first-order chi connectivity index (χ1) is 9.83.